The van der Waals surface area contributed by atoms with Crippen LogP contribution in [0.1, 0.15) is 18.9 Å². The quantitative estimate of drug-likeness (QED) is 0.837. The van der Waals surface area contributed by atoms with Crippen molar-refractivity contribution in [3.05, 3.63) is 29.8 Å². The fourth-order valence-corrected chi connectivity index (χ4v) is 2.86. The van der Waals surface area contributed by atoms with E-state index in [-0.39, 0.29) is 12.4 Å². The first kappa shape index (κ1) is 18.4. The van der Waals surface area contributed by atoms with Gasteiger partial charge in [0.15, 0.2) is 0 Å². The van der Waals surface area contributed by atoms with Gasteiger partial charge in [0.1, 0.15) is 0 Å². The monoisotopic (exact) mass is 306 g/mol. The van der Waals surface area contributed by atoms with Crippen molar-refractivity contribution in [2.75, 3.05) is 27.2 Å². The van der Waals surface area contributed by atoms with Crippen LogP contribution in [0, 0.1) is 0 Å². The number of nitrogens with zero attached hydrogens (tertiary/aromatic N) is 1. The molecule has 0 radical (unpaired) electrons. The first-order valence-corrected chi connectivity index (χ1v) is 7.66. The standard InChI is InChI=1S/C13H22N2O2S.ClH/c1-4-5-12-6-8-13(9-7-12)18(16,17)15(3)11-10-14-2;/h6-9,14H,4-5,10-11H2,1-3H3;1H. The maximum atomic E-state index is 12.2. The van der Waals surface area contributed by atoms with Crippen LogP contribution in [0.2, 0.25) is 0 Å². The van der Waals surface area contributed by atoms with Crippen molar-refractivity contribution in [2.45, 2.75) is 24.7 Å². The minimum absolute atomic E-state index is 0. The lowest BCUT2D eigenvalue weighted by Crippen LogP contribution is -2.32. The lowest BCUT2D eigenvalue weighted by atomic mass is 10.1. The fraction of sp³-hybridized carbons (Fsp3) is 0.538. The molecule has 4 nitrogen and oxygen atoms in total. The van der Waals surface area contributed by atoms with E-state index in [1.807, 2.05) is 12.1 Å². The molecule has 0 unspecified atom stereocenters. The normalized spacial score (nSPS) is 11.4. The number of aryl methyl sites for hydroxylation is 1. The number of benzene rings is 1. The summed E-state index contributed by atoms with van der Waals surface area (Å²) in [5.41, 5.74) is 1.18. The molecule has 0 aromatic heterocycles. The topological polar surface area (TPSA) is 49.4 Å². The second-order valence-corrected chi connectivity index (χ2v) is 6.37. The van der Waals surface area contributed by atoms with Crippen LogP contribution in [0.25, 0.3) is 0 Å². The van der Waals surface area contributed by atoms with Gasteiger partial charge < -0.3 is 5.32 Å². The molecule has 1 aromatic carbocycles. The van der Waals surface area contributed by atoms with E-state index in [1.165, 1.54) is 9.87 Å². The van der Waals surface area contributed by atoms with Crippen LogP contribution in [0.5, 0.6) is 0 Å². The van der Waals surface area contributed by atoms with Crippen LogP contribution in [0.15, 0.2) is 29.2 Å². The van der Waals surface area contributed by atoms with Gasteiger partial charge in [0.05, 0.1) is 4.90 Å². The fourth-order valence-electron chi connectivity index (χ4n) is 1.69. The summed E-state index contributed by atoms with van der Waals surface area (Å²) in [4.78, 5) is 0.362. The third-order valence-corrected chi connectivity index (χ3v) is 4.72. The second-order valence-electron chi connectivity index (χ2n) is 4.32. The highest BCUT2D eigenvalue weighted by molar-refractivity contribution is 7.89. The summed E-state index contributed by atoms with van der Waals surface area (Å²) >= 11 is 0. The summed E-state index contributed by atoms with van der Waals surface area (Å²) in [5.74, 6) is 0. The average molecular weight is 307 g/mol. The second kappa shape index (κ2) is 8.53. The van der Waals surface area contributed by atoms with Crippen LogP contribution in [-0.2, 0) is 16.4 Å². The highest BCUT2D eigenvalue weighted by Gasteiger charge is 2.19. The molecule has 19 heavy (non-hydrogen) atoms. The Morgan fingerprint density at radius 2 is 1.79 bits per heavy atom. The molecule has 0 fully saturated rings. The van der Waals surface area contributed by atoms with Gasteiger partial charge in [-0.2, -0.15) is 4.31 Å². The smallest absolute Gasteiger partial charge is 0.242 e. The molecule has 0 aliphatic carbocycles. The number of halogens is 1. The Morgan fingerprint density at radius 1 is 1.21 bits per heavy atom. The van der Waals surface area contributed by atoms with Gasteiger partial charge in [0.2, 0.25) is 10.0 Å². The van der Waals surface area contributed by atoms with Crippen molar-refractivity contribution in [1.82, 2.24) is 9.62 Å². The largest absolute Gasteiger partial charge is 0.318 e. The summed E-state index contributed by atoms with van der Waals surface area (Å²) in [6.07, 6.45) is 2.05. The molecular formula is C13H23ClN2O2S. The zero-order chi connectivity index (χ0) is 13.6. The van der Waals surface area contributed by atoms with Gasteiger partial charge in [-0.25, -0.2) is 8.42 Å². The Morgan fingerprint density at radius 3 is 2.26 bits per heavy atom. The Kier molecular flexibility index (Phi) is 8.25. The number of nitrogens with one attached hydrogen (secondary N) is 1. The van der Waals surface area contributed by atoms with Gasteiger partial charge in [-0.05, 0) is 31.2 Å². The predicted octanol–water partition coefficient (Wildman–Crippen LogP) is 1.90. The van der Waals surface area contributed by atoms with E-state index < -0.39 is 10.0 Å². The molecule has 0 amide bonds. The number of likely N-dealkylation sites (N-methyl/N-ethyl adjacent to an activating group) is 2. The average Bonchev–Trinajstić information content (AvgIpc) is 2.37. The number of hydrogen-bond acceptors (Lipinski definition) is 3. The first-order chi connectivity index (χ1) is 8.52. The molecule has 0 heterocycles. The highest BCUT2D eigenvalue weighted by atomic mass is 35.5. The van der Waals surface area contributed by atoms with E-state index in [2.05, 4.69) is 12.2 Å². The molecule has 1 N–H and O–H groups in total. The van der Waals surface area contributed by atoms with Crippen molar-refractivity contribution in [1.29, 1.82) is 0 Å². The van der Waals surface area contributed by atoms with Crippen molar-refractivity contribution in [2.24, 2.45) is 0 Å². The zero-order valence-corrected chi connectivity index (χ0v) is 13.4. The van der Waals surface area contributed by atoms with Gasteiger partial charge in [0.25, 0.3) is 0 Å². The third-order valence-electron chi connectivity index (χ3n) is 2.85. The van der Waals surface area contributed by atoms with Crippen LogP contribution >= 0.6 is 12.4 Å². The Balaban J connectivity index is 0.00000324. The highest BCUT2D eigenvalue weighted by Crippen LogP contribution is 2.15. The maximum Gasteiger partial charge on any atom is 0.242 e. The molecule has 1 aromatic rings. The third kappa shape index (κ3) is 5.10. The van der Waals surface area contributed by atoms with E-state index in [0.717, 1.165) is 12.8 Å². The predicted molar refractivity (Wildman–Crippen MR) is 81.4 cm³/mol. The molecule has 6 heteroatoms. The van der Waals surface area contributed by atoms with Gasteiger partial charge in [-0.15, -0.1) is 12.4 Å². The zero-order valence-electron chi connectivity index (χ0n) is 11.7. The van der Waals surface area contributed by atoms with E-state index in [0.29, 0.717) is 18.0 Å². The summed E-state index contributed by atoms with van der Waals surface area (Å²) in [6.45, 7) is 3.22. The maximum absolute atomic E-state index is 12.2. The molecule has 0 atom stereocenters. The minimum Gasteiger partial charge on any atom is -0.318 e. The van der Waals surface area contributed by atoms with Crippen molar-refractivity contribution >= 4 is 22.4 Å². The Bertz CT molecular complexity index is 460. The van der Waals surface area contributed by atoms with Gasteiger partial charge in [0, 0.05) is 20.1 Å². The lowest BCUT2D eigenvalue weighted by molar-refractivity contribution is 0.466. The first-order valence-electron chi connectivity index (χ1n) is 6.22. The Hall–Kier alpha value is -0.620. The van der Waals surface area contributed by atoms with Crippen LogP contribution < -0.4 is 5.32 Å². The van der Waals surface area contributed by atoms with Crippen LogP contribution in [0.3, 0.4) is 0 Å². The van der Waals surface area contributed by atoms with Crippen LogP contribution in [-0.4, -0.2) is 39.9 Å². The number of hydrogen-bond donors (Lipinski definition) is 1. The van der Waals surface area contributed by atoms with Crippen molar-refractivity contribution in [3.63, 3.8) is 0 Å². The Labute approximate surface area is 122 Å². The van der Waals surface area contributed by atoms with Gasteiger partial charge in [-0.1, -0.05) is 25.5 Å². The summed E-state index contributed by atoms with van der Waals surface area (Å²) < 4.78 is 25.8. The van der Waals surface area contributed by atoms with Crippen LogP contribution in [0.4, 0.5) is 0 Å². The van der Waals surface area contributed by atoms with E-state index >= 15 is 0 Å². The molecule has 0 aliphatic rings. The van der Waals surface area contributed by atoms with E-state index in [1.54, 1.807) is 26.2 Å². The molecule has 0 saturated carbocycles. The minimum atomic E-state index is -3.35. The number of sulfonamides is 1. The molecule has 0 bridgehead atoms. The van der Waals surface area contributed by atoms with Crippen molar-refractivity contribution < 1.29 is 8.42 Å². The summed E-state index contributed by atoms with van der Waals surface area (Å²) in [6, 6.07) is 7.16. The molecule has 0 aliphatic heterocycles. The van der Waals surface area contributed by atoms with Crippen molar-refractivity contribution in [3.8, 4) is 0 Å². The van der Waals surface area contributed by atoms with E-state index in [9.17, 15) is 8.42 Å². The van der Waals surface area contributed by atoms with Gasteiger partial charge in [-0.3, -0.25) is 0 Å². The number of rotatable bonds is 7. The lowest BCUT2D eigenvalue weighted by Gasteiger charge is -2.17. The SMILES string of the molecule is CCCc1ccc(S(=O)(=O)N(C)CCNC)cc1.Cl. The molecule has 0 spiro atoms. The summed E-state index contributed by atoms with van der Waals surface area (Å²) in [7, 11) is 0.0598. The molecule has 0 saturated heterocycles. The van der Waals surface area contributed by atoms with E-state index in [4.69, 9.17) is 0 Å². The molecule has 110 valence electrons. The molecule has 1 rings (SSSR count). The molecular weight excluding hydrogens is 284 g/mol. The summed E-state index contributed by atoms with van der Waals surface area (Å²) in [5, 5.41) is 2.94. The van der Waals surface area contributed by atoms with Gasteiger partial charge >= 0.3 is 0 Å².